The third kappa shape index (κ3) is 2.71. The van der Waals surface area contributed by atoms with E-state index in [1.54, 1.807) is 31.4 Å². The highest BCUT2D eigenvalue weighted by Crippen LogP contribution is 2.25. The highest BCUT2D eigenvalue weighted by molar-refractivity contribution is 6.21. The van der Waals surface area contributed by atoms with Crippen molar-refractivity contribution in [3.05, 3.63) is 24.3 Å². The zero-order valence-corrected chi connectivity index (χ0v) is 13.1. The molecule has 3 rings (SSSR count). The van der Waals surface area contributed by atoms with Crippen molar-refractivity contribution in [2.45, 2.75) is 12.5 Å². The number of nitrogens with one attached hydrogen (secondary N) is 2. The molecule has 6 nitrogen and oxygen atoms in total. The molecule has 1 atom stereocenters. The van der Waals surface area contributed by atoms with E-state index in [4.69, 9.17) is 4.74 Å². The maximum absolute atomic E-state index is 12.7. The number of nitrogens with zero attached hydrogens (tertiary/aromatic N) is 1. The van der Waals surface area contributed by atoms with Gasteiger partial charge in [0, 0.05) is 6.07 Å². The summed E-state index contributed by atoms with van der Waals surface area (Å²) in [5.41, 5.74) is 0.607. The largest absolute Gasteiger partial charge is 0.497 e. The van der Waals surface area contributed by atoms with Crippen LogP contribution in [0.2, 0.25) is 0 Å². The number of methoxy groups -OCH3 is 1. The third-order valence-electron chi connectivity index (χ3n) is 4.70. The Morgan fingerprint density at radius 1 is 1.18 bits per heavy atom. The number of imide groups is 1. The zero-order chi connectivity index (χ0) is 15.7. The summed E-state index contributed by atoms with van der Waals surface area (Å²) in [6.45, 7) is 3.99. The monoisotopic (exact) mass is 305 g/mol. The maximum Gasteiger partial charge on any atom is 0.292 e. The van der Waals surface area contributed by atoms with Crippen molar-refractivity contribution in [3.63, 3.8) is 0 Å². The van der Waals surface area contributed by atoms with Crippen molar-refractivity contribution >= 4 is 17.5 Å². The number of ether oxygens (including phenoxy) is 1. The summed E-state index contributed by atoms with van der Waals surface area (Å²) in [7, 11) is 3.74. The zero-order valence-electron chi connectivity index (χ0n) is 13.1. The topological polar surface area (TPSA) is 55.5 Å². The number of carbonyl (C=O) groups excluding carboxylic acids is 2. The standard InChI is InChI=1S/C16H21N3O3/c1-17-6-8-18(9-7-17)14-11-15(20)19(16(14)21)12-4-3-5-13(10-12)22-2/h3-5,10,14H,6-9,11H2,1-2H3/p+2/t14-/m0/s1. The van der Waals surface area contributed by atoms with Crippen LogP contribution in [0.5, 0.6) is 5.75 Å². The summed E-state index contributed by atoms with van der Waals surface area (Å²) >= 11 is 0. The molecule has 22 heavy (non-hydrogen) atoms. The summed E-state index contributed by atoms with van der Waals surface area (Å²) in [6.07, 6.45) is 0.310. The Labute approximate surface area is 130 Å². The number of amides is 2. The van der Waals surface area contributed by atoms with Crippen LogP contribution in [0.25, 0.3) is 0 Å². The second-order valence-electron chi connectivity index (χ2n) is 6.14. The molecule has 0 spiro atoms. The molecule has 0 radical (unpaired) electrons. The average molecular weight is 305 g/mol. The van der Waals surface area contributed by atoms with Gasteiger partial charge in [0.05, 0.1) is 26.3 Å². The van der Waals surface area contributed by atoms with Gasteiger partial charge in [0.25, 0.3) is 5.91 Å². The van der Waals surface area contributed by atoms with E-state index < -0.39 is 0 Å². The van der Waals surface area contributed by atoms with Crippen molar-refractivity contribution in [2.24, 2.45) is 0 Å². The molecule has 2 saturated heterocycles. The first-order chi connectivity index (χ1) is 10.6. The Kier molecular flexibility index (Phi) is 4.13. The number of anilines is 1. The van der Waals surface area contributed by atoms with Gasteiger partial charge >= 0.3 is 0 Å². The molecule has 1 aromatic carbocycles. The first kappa shape index (κ1) is 15.0. The Morgan fingerprint density at radius 3 is 2.59 bits per heavy atom. The molecule has 2 fully saturated rings. The Balaban J connectivity index is 1.79. The molecule has 118 valence electrons. The molecule has 2 aliphatic rings. The number of benzene rings is 1. The molecule has 0 unspecified atom stereocenters. The van der Waals surface area contributed by atoms with Crippen LogP contribution in [0.3, 0.4) is 0 Å². The quantitative estimate of drug-likeness (QED) is 0.620. The van der Waals surface area contributed by atoms with Gasteiger partial charge in [0.1, 0.15) is 31.9 Å². The number of hydrogen-bond donors (Lipinski definition) is 2. The smallest absolute Gasteiger partial charge is 0.292 e. The van der Waals surface area contributed by atoms with E-state index in [2.05, 4.69) is 7.05 Å². The molecule has 2 aliphatic heterocycles. The van der Waals surface area contributed by atoms with E-state index >= 15 is 0 Å². The van der Waals surface area contributed by atoms with Gasteiger partial charge in [-0.25, -0.2) is 4.90 Å². The van der Waals surface area contributed by atoms with Crippen LogP contribution in [-0.2, 0) is 9.59 Å². The molecule has 2 heterocycles. The maximum atomic E-state index is 12.7. The van der Waals surface area contributed by atoms with Gasteiger partial charge in [-0.05, 0) is 12.1 Å². The van der Waals surface area contributed by atoms with Crippen molar-refractivity contribution in [1.29, 1.82) is 0 Å². The molecule has 0 aromatic heterocycles. The Hall–Kier alpha value is -1.92. The molecule has 2 N–H and O–H groups in total. The highest BCUT2D eigenvalue weighted by atomic mass is 16.5. The van der Waals surface area contributed by atoms with Crippen LogP contribution in [0.1, 0.15) is 6.42 Å². The van der Waals surface area contributed by atoms with Crippen LogP contribution in [0, 0.1) is 0 Å². The molecular weight excluding hydrogens is 282 g/mol. The first-order valence-electron chi connectivity index (χ1n) is 7.77. The summed E-state index contributed by atoms with van der Waals surface area (Å²) < 4.78 is 5.18. The van der Waals surface area contributed by atoms with Gasteiger partial charge in [-0.3, -0.25) is 9.59 Å². The predicted molar refractivity (Wildman–Crippen MR) is 81.2 cm³/mol. The van der Waals surface area contributed by atoms with Gasteiger partial charge < -0.3 is 14.5 Å². The molecule has 0 saturated carbocycles. The molecule has 2 amide bonds. The number of quaternary nitrogens is 2. The number of piperazine rings is 1. The highest BCUT2D eigenvalue weighted by Gasteiger charge is 2.46. The van der Waals surface area contributed by atoms with E-state index in [9.17, 15) is 9.59 Å². The Morgan fingerprint density at radius 2 is 1.91 bits per heavy atom. The van der Waals surface area contributed by atoms with Gasteiger partial charge in [-0.15, -0.1) is 0 Å². The number of rotatable bonds is 3. The second kappa shape index (κ2) is 6.06. The minimum absolute atomic E-state index is 0.0761. The number of likely N-dealkylation sites (N-methyl/N-ethyl adjacent to an activating group) is 1. The van der Waals surface area contributed by atoms with Crippen LogP contribution >= 0.6 is 0 Å². The van der Waals surface area contributed by atoms with E-state index in [0.29, 0.717) is 17.9 Å². The molecule has 1 aromatic rings. The van der Waals surface area contributed by atoms with Crippen molar-refractivity contribution in [2.75, 3.05) is 45.2 Å². The van der Waals surface area contributed by atoms with Crippen molar-refractivity contribution in [1.82, 2.24) is 0 Å². The fourth-order valence-corrected chi connectivity index (χ4v) is 3.32. The number of hydrogen-bond acceptors (Lipinski definition) is 3. The van der Waals surface area contributed by atoms with Gasteiger partial charge in [-0.1, -0.05) is 6.07 Å². The molecule has 6 heteroatoms. The fraction of sp³-hybridized carbons (Fsp3) is 0.500. The van der Waals surface area contributed by atoms with Crippen molar-refractivity contribution < 1.29 is 24.1 Å². The van der Waals surface area contributed by atoms with E-state index in [-0.39, 0.29) is 17.9 Å². The fourth-order valence-electron chi connectivity index (χ4n) is 3.32. The normalized spacial score (nSPS) is 29.0. The second-order valence-corrected chi connectivity index (χ2v) is 6.14. The summed E-state index contributed by atoms with van der Waals surface area (Å²) in [5, 5.41) is 0. The van der Waals surface area contributed by atoms with Crippen LogP contribution in [-0.4, -0.2) is 58.2 Å². The van der Waals surface area contributed by atoms with Crippen LogP contribution in [0.4, 0.5) is 5.69 Å². The van der Waals surface area contributed by atoms with E-state index in [1.165, 1.54) is 14.7 Å². The Bertz CT molecular complexity index is 582. The van der Waals surface area contributed by atoms with E-state index in [0.717, 1.165) is 26.2 Å². The summed E-state index contributed by atoms with van der Waals surface area (Å²) in [5.74, 6) is 0.465. The minimum atomic E-state index is -0.230. The minimum Gasteiger partial charge on any atom is -0.497 e. The lowest BCUT2D eigenvalue weighted by Crippen LogP contribution is -3.29. The SMILES string of the molecule is COc1cccc(N2C(=O)C[C@H]([NH+]3CC[NH+](C)CC3)C2=O)c1. The van der Waals surface area contributed by atoms with Gasteiger partial charge in [-0.2, -0.15) is 0 Å². The lowest BCUT2D eigenvalue weighted by molar-refractivity contribution is -1.01. The third-order valence-corrected chi connectivity index (χ3v) is 4.70. The van der Waals surface area contributed by atoms with Gasteiger partial charge in [0.2, 0.25) is 5.91 Å². The van der Waals surface area contributed by atoms with Crippen LogP contribution in [0.15, 0.2) is 24.3 Å². The van der Waals surface area contributed by atoms with E-state index in [1.807, 2.05) is 0 Å². The number of carbonyl (C=O) groups is 2. The summed E-state index contributed by atoms with van der Waals surface area (Å²) in [4.78, 5) is 29.1. The van der Waals surface area contributed by atoms with Crippen LogP contribution < -0.4 is 19.4 Å². The molecular formula is C16H23N3O3+2. The predicted octanol–water partition coefficient (Wildman–Crippen LogP) is -2.26. The molecule has 0 aliphatic carbocycles. The lowest BCUT2D eigenvalue weighted by Gasteiger charge is -2.30. The lowest BCUT2D eigenvalue weighted by atomic mass is 10.2. The van der Waals surface area contributed by atoms with Gasteiger partial charge in [0.15, 0.2) is 6.04 Å². The molecule has 0 bridgehead atoms. The first-order valence-corrected chi connectivity index (χ1v) is 7.77. The van der Waals surface area contributed by atoms with Crippen molar-refractivity contribution in [3.8, 4) is 5.75 Å². The summed E-state index contributed by atoms with van der Waals surface area (Å²) in [6, 6.07) is 6.90. The average Bonchev–Trinajstić information content (AvgIpc) is 2.83.